The van der Waals surface area contributed by atoms with Gasteiger partial charge in [0.25, 0.3) is 0 Å². The van der Waals surface area contributed by atoms with Crippen LogP contribution in [0.2, 0.25) is 0 Å². The molecular formula is C25H36N4O4. The van der Waals surface area contributed by atoms with Crippen molar-refractivity contribution in [3.63, 3.8) is 0 Å². The molecule has 1 aromatic carbocycles. The molecule has 33 heavy (non-hydrogen) atoms. The van der Waals surface area contributed by atoms with Gasteiger partial charge in [-0.25, -0.2) is 4.79 Å². The minimum atomic E-state index is -0.259. The fourth-order valence-corrected chi connectivity index (χ4v) is 4.13. The lowest BCUT2D eigenvalue weighted by atomic mass is 9.97. The predicted molar refractivity (Wildman–Crippen MR) is 130 cm³/mol. The first kappa shape index (κ1) is 24.6. The summed E-state index contributed by atoms with van der Waals surface area (Å²) in [7, 11) is 3.23. The van der Waals surface area contributed by atoms with E-state index in [0.29, 0.717) is 43.4 Å². The van der Waals surface area contributed by atoms with Crippen LogP contribution in [0.25, 0.3) is 11.3 Å². The van der Waals surface area contributed by atoms with Crippen LogP contribution in [0.4, 0.5) is 5.82 Å². The Kier molecular flexibility index (Phi) is 9.15. The summed E-state index contributed by atoms with van der Waals surface area (Å²) in [5, 5.41) is 6.24. The van der Waals surface area contributed by atoms with Crippen molar-refractivity contribution in [1.29, 1.82) is 0 Å². The van der Waals surface area contributed by atoms with Crippen molar-refractivity contribution in [2.75, 3.05) is 32.6 Å². The monoisotopic (exact) mass is 456 g/mol. The molecule has 1 aliphatic rings. The molecule has 1 aliphatic heterocycles. The van der Waals surface area contributed by atoms with E-state index in [0.717, 1.165) is 48.9 Å². The van der Waals surface area contributed by atoms with Gasteiger partial charge in [0.15, 0.2) is 11.5 Å². The number of aryl methyl sites for hydroxylation is 1. The van der Waals surface area contributed by atoms with Gasteiger partial charge in [0, 0.05) is 37.7 Å². The molecule has 0 saturated heterocycles. The van der Waals surface area contributed by atoms with Crippen molar-refractivity contribution in [2.24, 2.45) is 0 Å². The lowest BCUT2D eigenvalue weighted by Crippen LogP contribution is -2.29. The fraction of sp³-hybridized carbons (Fsp3) is 0.560. The van der Waals surface area contributed by atoms with Gasteiger partial charge in [0.2, 0.25) is 5.91 Å². The van der Waals surface area contributed by atoms with E-state index in [2.05, 4.69) is 22.5 Å². The smallest absolute Gasteiger partial charge is 0.349 e. The van der Waals surface area contributed by atoms with E-state index in [1.807, 2.05) is 18.2 Å². The molecule has 1 amide bonds. The van der Waals surface area contributed by atoms with Crippen LogP contribution >= 0.6 is 0 Å². The average molecular weight is 457 g/mol. The van der Waals surface area contributed by atoms with E-state index in [-0.39, 0.29) is 11.6 Å². The number of nitrogens with one attached hydrogen (secondary N) is 2. The Balaban J connectivity index is 1.54. The highest BCUT2D eigenvalue weighted by Gasteiger charge is 2.21. The number of unbranched alkanes of at least 4 members (excludes halogenated alkanes) is 4. The molecule has 0 spiro atoms. The molecule has 0 saturated carbocycles. The molecule has 0 radical (unpaired) electrons. The quantitative estimate of drug-likeness (QED) is 0.446. The number of fused-ring (bicyclic) bond motifs is 3. The summed E-state index contributed by atoms with van der Waals surface area (Å²) < 4.78 is 12.6. The summed E-state index contributed by atoms with van der Waals surface area (Å²) in [5.41, 5.74) is 2.65. The molecule has 8 nitrogen and oxygen atoms in total. The summed E-state index contributed by atoms with van der Waals surface area (Å²) >= 11 is 0. The zero-order chi connectivity index (χ0) is 23.6. The van der Waals surface area contributed by atoms with Crippen molar-refractivity contribution >= 4 is 11.7 Å². The molecule has 3 rings (SSSR count). The van der Waals surface area contributed by atoms with Gasteiger partial charge in [0.05, 0.1) is 19.9 Å². The minimum Gasteiger partial charge on any atom is -0.493 e. The van der Waals surface area contributed by atoms with Crippen molar-refractivity contribution in [3.05, 3.63) is 34.2 Å². The Hall–Kier alpha value is -3.03. The molecule has 180 valence electrons. The third kappa shape index (κ3) is 6.49. The number of rotatable bonds is 13. The summed E-state index contributed by atoms with van der Waals surface area (Å²) in [5.74, 6) is 2.02. The van der Waals surface area contributed by atoms with Crippen molar-refractivity contribution < 1.29 is 14.3 Å². The van der Waals surface area contributed by atoms with Crippen molar-refractivity contribution in [1.82, 2.24) is 14.9 Å². The topological polar surface area (TPSA) is 94.5 Å². The van der Waals surface area contributed by atoms with Crippen LogP contribution in [0.1, 0.15) is 57.4 Å². The maximum absolute atomic E-state index is 12.6. The van der Waals surface area contributed by atoms with E-state index in [4.69, 9.17) is 9.47 Å². The Bertz CT molecular complexity index is 1000. The van der Waals surface area contributed by atoms with Gasteiger partial charge < -0.3 is 20.1 Å². The summed E-state index contributed by atoms with van der Waals surface area (Å²) in [4.78, 5) is 28.6. The number of nitrogens with zero attached hydrogens (tertiary/aromatic N) is 2. The van der Waals surface area contributed by atoms with Crippen LogP contribution in [0, 0.1) is 0 Å². The van der Waals surface area contributed by atoms with Crippen LogP contribution in [0.5, 0.6) is 11.5 Å². The first-order chi connectivity index (χ1) is 16.1. The molecule has 0 atom stereocenters. The number of carbonyl (C=O) groups excluding carboxylic acids is 1. The highest BCUT2D eigenvalue weighted by molar-refractivity contribution is 5.75. The number of aromatic nitrogens is 2. The molecule has 8 heteroatoms. The standard InChI is InChI=1S/C25H36N4O4/c1-4-5-6-7-10-24(30)27-13-9-8-12-26-23-17-20-19-16-22(33-3)21(32-2)15-18(19)11-14-29(20)25(31)28-23/h15-17H,4-14H2,1-3H3,(H,27,30)(H,26,28,31). The van der Waals surface area contributed by atoms with Gasteiger partial charge in [-0.15, -0.1) is 0 Å². The van der Waals surface area contributed by atoms with Gasteiger partial charge in [-0.2, -0.15) is 4.98 Å². The number of ether oxygens (including phenoxy) is 2. The first-order valence-electron chi connectivity index (χ1n) is 11.9. The Morgan fingerprint density at radius 1 is 1.03 bits per heavy atom. The Morgan fingerprint density at radius 2 is 1.79 bits per heavy atom. The third-order valence-electron chi connectivity index (χ3n) is 5.99. The van der Waals surface area contributed by atoms with E-state index in [9.17, 15) is 9.59 Å². The number of carbonyl (C=O) groups is 1. The van der Waals surface area contributed by atoms with Gasteiger partial charge in [-0.3, -0.25) is 9.36 Å². The van der Waals surface area contributed by atoms with Crippen molar-refractivity contribution in [2.45, 2.75) is 64.8 Å². The molecule has 1 aromatic heterocycles. The number of amides is 1. The zero-order valence-electron chi connectivity index (χ0n) is 20.0. The second kappa shape index (κ2) is 12.3. The van der Waals surface area contributed by atoms with Gasteiger partial charge in [-0.1, -0.05) is 26.2 Å². The first-order valence-corrected chi connectivity index (χ1v) is 11.9. The third-order valence-corrected chi connectivity index (χ3v) is 5.99. The normalized spacial score (nSPS) is 12.0. The number of hydrogen-bond acceptors (Lipinski definition) is 6. The second-order valence-corrected chi connectivity index (χ2v) is 8.37. The average Bonchev–Trinajstić information content (AvgIpc) is 2.82. The highest BCUT2D eigenvalue weighted by atomic mass is 16.5. The molecule has 0 bridgehead atoms. The number of anilines is 1. The minimum absolute atomic E-state index is 0.133. The van der Waals surface area contributed by atoms with Gasteiger partial charge in [-0.05, 0) is 43.4 Å². The van der Waals surface area contributed by atoms with Crippen LogP contribution < -0.4 is 25.8 Å². The lowest BCUT2D eigenvalue weighted by molar-refractivity contribution is -0.121. The van der Waals surface area contributed by atoms with Gasteiger partial charge >= 0.3 is 5.69 Å². The van der Waals surface area contributed by atoms with Crippen molar-refractivity contribution in [3.8, 4) is 22.8 Å². The predicted octanol–water partition coefficient (Wildman–Crippen LogP) is 3.76. The second-order valence-electron chi connectivity index (χ2n) is 8.37. The van der Waals surface area contributed by atoms with Crippen LogP contribution in [-0.4, -0.2) is 42.8 Å². The molecule has 2 N–H and O–H groups in total. The lowest BCUT2D eigenvalue weighted by Gasteiger charge is -2.23. The van der Waals surface area contributed by atoms with Crippen LogP contribution in [0.15, 0.2) is 23.0 Å². The molecular weight excluding hydrogens is 420 g/mol. The van der Waals surface area contributed by atoms with E-state index >= 15 is 0 Å². The van der Waals surface area contributed by atoms with Crippen LogP contribution in [0.3, 0.4) is 0 Å². The molecule has 0 aliphatic carbocycles. The van der Waals surface area contributed by atoms with E-state index in [1.54, 1.807) is 18.8 Å². The maximum Gasteiger partial charge on any atom is 0.349 e. The molecule has 0 fully saturated rings. The largest absolute Gasteiger partial charge is 0.493 e. The Labute approximate surface area is 195 Å². The van der Waals surface area contributed by atoms with E-state index in [1.165, 1.54) is 12.8 Å². The van der Waals surface area contributed by atoms with Gasteiger partial charge in [0.1, 0.15) is 5.82 Å². The fourth-order valence-electron chi connectivity index (χ4n) is 4.13. The number of methoxy groups -OCH3 is 2. The maximum atomic E-state index is 12.6. The summed E-state index contributed by atoms with van der Waals surface area (Å²) in [6, 6.07) is 5.82. The Morgan fingerprint density at radius 3 is 2.55 bits per heavy atom. The number of benzene rings is 1. The molecule has 0 unspecified atom stereocenters. The molecule has 2 heterocycles. The highest BCUT2D eigenvalue weighted by Crippen LogP contribution is 2.38. The molecule has 2 aromatic rings. The number of hydrogen-bond donors (Lipinski definition) is 2. The summed E-state index contributed by atoms with van der Waals surface area (Å²) in [6.07, 6.45) is 7.53. The SMILES string of the molecule is CCCCCCC(=O)NCCCCNc1cc2n(c(=O)n1)CCc1cc(OC)c(OC)cc1-2. The summed E-state index contributed by atoms with van der Waals surface area (Å²) in [6.45, 7) is 4.10. The van der Waals surface area contributed by atoms with E-state index < -0.39 is 0 Å². The van der Waals surface area contributed by atoms with Crippen LogP contribution in [-0.2, 0) is 17.8 Å². The zero-order valence-corrected chi connectivity index (χ0v) is 20.0.